The molecule has 0 radical (unpaired) electrons. The van der Waals surface area contributed by atoms with E-state index < -0.39 is 0 Å². The van der Waals surface area contributed by atoms with Gasteiger partial charge >= 0.3 is 0 Å². The first-order valence-corrected chi connectivity index (χ1v) is 6.19. The maximum absolute atomic E-state index is 6.08. The lowest BCUT2D eigenvalue weighted by molar-refractivity contribution is 0.174. The zero-order valence-corrected chi connectivity index (χ0v) is 9.93. The molecule has 0 spiro atoms. The smallest absolute Gasteiger partial charge is 0.231 e. The van der Waals surface area contributed by atoms with Gasteiger partial charge in [0, 0.05) is 11.5 Å². The minimum atomic E-state index is 0.242. The molecule has 1 aromatic carbocycles. The van der Waals surface area contributed by atoms with Crippen LogP contribution in [0.1, 0.15) is 0 Å². The Kier molecular flexibility index (Phi) is 2.29. The molecule has 82 valence electrons. The second kappa shape index (κ2) is 3.68. The van der Waals surface area contributed by atoms with Crippen LogP contribution in [0.5, 0.6) is 11.5 Å². The number of ether oxygens (including phenoxy) is 2. The third-order valence-electron chi connectivity index (χ3n) is 2.31. The van der Waals surface area contributed by atoms with Crippen LogP contribution in [0, 0.1) is 0 Å². The average molecular weight is 255 g/mol. The van der Waals surface area contributed by atoms with Gasteiger partial charge in [-0.05, 0) is 12.3 Å². The molecule has 0 unspecified atom stereocenters. The second-order valence-corrected chi connectivity index (χ2v) is 4.36. The van der Waals surface area contributed by atoms with E-state index in [-0.39, 0.29) is 6.79 Å². The van der Waals surface area contributed by atoms with Crippen molar-refractivity contribution in [1.29, 1.82) is 0 Å². The van der Waals surface area contributed by atoms with E-state index in [0.29, 0.717) is 21.8 Å². The zero-order chi connectivity index (χ0) is 11.1. The molecule has 1 aliphatic rings. The number of halogens is 1. The summed E-state index contributed by atoms with van der Waals surface area (Å²) in [6, 6.07) is 3.63. The van der Waals surface area contributed by atoms with Gasteiger partial charge < -0.3 is 9.47 Å². The van der Waals surface area contributed by atoms with Crippen LogP contribution < -0.4 is 9.47 Å². The molecule has 1 aliphatic heterocycles. The molecule has 0 atom stereocenters. The first-order chi connectivity index (χ1) is 7.78. The maximum atomic E-state index is 6.08. The highest BCUT2D eigenvalue weighted by atomic mass is 35.5. The van der Waals surface area contributed by atoms with Crippen molar-refractivity contribution in [2.45, 2.75) is 5.16 Å². The molecule has 0 N–H and O–H groups in total. The Morgan fingerprint density at radius 3 is 2.75 bits per heavy atom. The van der Waals surface area contributed by atoms with Crippen LogP contribution in [0.4, 0.5) is 0 Å². The predicted molar refractivity (Wildman–Crippen MR) is 62.5 cm³/mol. The van der Waals surface area contributed by atoms with Gasteiger partial charge in [-0.3, -0.25) is 0 Å². The lowest BCUT2D eigenvalue weighted by atomic mass is 10.2. The molecular weight excluding hydrogens is 248 g/mol. The molecule has 2 aromatic rings. The molecule has 2 heterocycles. The fraction of sp³-hybridized carbons (Fsp3) is 0.200. The van der Waals surface area contributed by atoms with E-state index in [4.69, 9.17) is 21.1 Å². The Bertz CT molecular complexity index is 576. The van der Waals surface area contributed by atoms with Crippen LogP contribution in [0.3, 0.4) is 0 Å². The summed E-state index contributed by atoms with van der Waals surface area (Å²) in [6.07, 6.45) is 1.91. The number of aromatic nitrogens is 2. The van der Waals surface area contributed by atoms with Crippen LogP contribution in [0.25, 0.3) is 10.9 Å². The second-order valence-electron chi connectivity index (χ2n) is 3.22. The summed E-state index contributed by atoms with van der Waals surface area (Å²) in [6.45, 7) is 0.242. The highest BCUT2D eigenvalue weighted by Crippen LogP contribution is 2.37. The van der Waals surface area contributed by atoms with E-state index in [0.717, 1.165) is 10.9 Å². The Hall–Kier alpha value is -1.20. The first kappa shape index (κ1) is 9.99. The number of benzene rings is 1. The fourth-order valence-electron chi connectivity index (χ4n) is 1.55. The molecule has 16 heavy (non-hydrogen) atoms. The summed E-state index contributed by atoms with van der Waals surface area (Å²) >= 11 is 7.53. The third kappa shape index (κ3) is 1.47. The van der Waals surface area contributed by atoms with Crippen molar-refractivity contribution >= 4 is 34.3 Å². The van der Waals surface area contributed by atoms with Gasteiger partial charge in [-0.25, -0.2) is 9.97 Å². The van der Waals surface area contributed by atoms with E-state index in [1.807, 2.05) is 18.4 Å². The number of nitrogens with zero attached hydrogens (tertiary/aromatic N) is 2. The van der Waals surface area contributed by atoms with Crippen molar-refractivity contribution in [3.63, 3.8) is 0 Å². The lowest BCUT2D eigenvalue weighted by Gasteiger charge is -2.03. The monoisotopic (exact) mass is 254 g/mol. The summed E-state index contributed by atoms with van der Waals surface area (Å²) in [4.78, 5) is 8.53. The van der Waals surface area contributed by atoms with Crippen LogP contribution in [-0.4, -0.2) is 23.0 Å². The SMILES string of the molecule is CSc1nc(Cl)c2cc3c(cc2n1)OCO3. The van der Waals surface area contributed by atoms with Gasteiger partial charge in [-0.1, -0.05) is 23.4 Å². The number of rotatable bonds is 1. The Morgan fingerprint density at radius 1 is 1.25 bits per heavy atom. The lowest BCUT2D eigenvalue weighted by Crippen LogP contribution is -1.92. The summed E-state index contributed by atoms with van der Waals surface area (Å²) in [5.74, 6) is 1.39. The Balaban J connectivity index is 2.31. The summed E-state index contributed by atoms with van der Waals surface area (Å²) < 4.78 is 10.6. The van der Waals surface area contributed by atoms with Crippen LogP contribution in [-0.2, 0) is 0 Å². The number of thioether (sulfide) groups is 1. The fourth-order valence-corrected chi connectivity index (χ4v) is 2.21. The maximum Gasteiger partial charge on any atom is 0.231 e. The van der Waals surface area contributed by atoms with Crippen molar-refractivity contribution in [1.82, 2.24) is 9.97 Å². The van der Waals surface area contributed by atoms with Crippen LogP contribution in [0.2, 0.25) is 5.15 Å². The molecule has 6 heteroatoms. The Morgan fingerprint density at radius 2 is 2.00 bits per heavy atom. The molecule has 0 fully saturated rings. The first-order valence-electron chi connectivity index (χ1n) is 4.59. The summed E-state index contributed by atoms with van der Waals surface area (Å²) in [5.41, 5.74) is 0.772. The minimum absolute atomic E-state index is 0.242. The molecule has 0 saturated heterocycles. The van der Waals surface area contributed by atoms with E-state index >= 15 is 0 Å². The van der Waals surface area contributed by atoms with Gasteiger partial charge in [0.1, 0.15) is 5.15 Å². The molecule has 0 amide bonds. The molecule has 0 aliphatic carbocycles. The van der Waals surface area contributed by atoms with Gasteiger partial charge in [0.2, 0.25) is 6.79 Å². The van der Waals surface area contributed by atoms with Crippen molar-refractivity contribution in [3.8, 4) is 11.5 Å². The number of hydrogen-bond acceptors (Lipinski definition) is 5. The highest BCUT2D eigenvalue weighted by Gasteiger charge is 2.16. The molecule has 3 rings (SSSR count). The Labute approximate surface area is 101 Å². The standard InChI is InChI=1S/C10H7ClN2O2S/c1-16-10-12-6-3-8-7(14-4-15-8)2-5(6)9(11)13-10/h2-3H,4H2,1H3. The summed E-state index contributed by atoms with van der Waals surface area (Å²) in [7, 11) is 0. The topological polar surface area (TPSA) is 44.2 Å². The molecule has 4 nitrogen and oxygen atoms in total. The average Bonchev–Trinajstić information content (AvgIpc) is 2.73. The van der Waals surface area contributed by atoms with Crippen molar-refractivity contribution in [2.75, 3.05) is 13.0 Å². The number of hydrogen-bond donors (Lipinski definition) is 0. The number of fused-ring (bicyclic) bond motifs is 2. The van der Waals surface area contributed by atoms with E-state index in [1.165, 1.54) is 11.8 Å². The summed E-state index contributed by atoms with van der Waals surface area (Å²) in [5, 5.41) is 1.87. The zero-order valence-electron chi connectivity index (χ0n) is 8.36. The van der Waals surface area contributed by atoms with Gasteiger partial charge in [-0.2, -0.15) is 0 Å². The quantitative estimate of drug-likeness (QED) is 0.445. The molecule has 1 aromatic heterocycles. The van der Waals surface area contributed by atoms with Gasteiger partial charge in [-0.15, -0.1) is 0 Å². The van der Waals surface area contributed by atoms with Crippen molar-refractivity contribution < 1.29 is 9.47 Å². The van der Waals surface area contributed by atoms with Crippen molar-refractivity contribution in [2.24, 2.45) is 0 Å². The van der Waals surface area contributed by atoms with E-state index in [9.17, 15) is 0 Å². The van der Waals surface area contributed by atoms with Crippen molar-refractivity contribution in [3.05, 3.63) is 17.3 Å². The molecule has 0 bridgehead atoms. The normalized spacial score (nSPS) is 13.4. The van der Waals surface area contributed by atoms with Gasteiger partial charge in [0.05, 0.1) is 5.52 Å². The molecule has 0 saturated carbocycles. The van der Waals surface area contributed by atoms with Crippen LogP contribution >= 0.6 is 23.4 Å². The van der Waals surface area contributed by atoms with Gasteiger partial charge in [0.15, 0.2) is 16.7 Å². The predicted octanol–water partition coefficient (Wildman–Crippen LogP) is 2.73. The van der Waals surface area contributed by atoms with E-state index in [2.05, 4.69) is 9.97 Å². The van der Waals surface area contributed by atoms with Gasteiger partial charge in [0.25, 0.3) is 0 Å². The third-order valence-corrected chi connectivity index (χ3v) is 3.14. The molecular formula is C10H7ClN2O2S. The van der Waals surface area contributed by atoms with Crippen LogP contribution in [0.15, 0.2) is 17.3 Å². The minimum Gasteiger partial charge on any atom is -0.454 e. The highest BCUT2D eigenvalue weighted by molar-refractivity contribution is 7.98. The largest absolute Gasteiger partial charge is 0.454 e. The van der Waals surface area contributed by atoms with E-state index in [1.54, 1.807) is 0 Å².